The van der Waals surface area contributed by atoms with Crippen LogP contribution in [0, 0.1) is 0 Å². The fourth-order valence-corrected chi connectivity index (χ4v) is 3.48. The second kappa shape index (κ2) is 6.51. The molecule has 23 heavy (non-hydrogen) atoms. The Morgan fingerprint density at radius 3 is 2.74 bits per heavy atom. The molecule has 122 valence electrons. The van der Waals surface area contributed by atoms with Crippen LogP contribution in [0.1, 0.15) is 36.0 Å². The van der Waals surface area contributed by atoms with Crippen molar-refractivity contribution < 1.29 is 4.79 Å². The van der Waals surface area contributed by atoms with E-state index in [9.17, 15) is 4.79 Å². The quantitative estimate of drug-likeness (QED) is 0.887. The Kier molecular flexibility index (Phi) is 4.62. The summed E-state index contributed by atoms with van der Waals surface area (Å²) in [5.74, 6) is -0.159. The predicted molar refractivity (Wildman–Crippen MR) is 91.3 cm³/mol. The molecule has 1 fully saturated rings. The molecule has 1 aliphatic carbocycles. The standard InChI is InChI=1S/C16H18Cl2N4O/c17-12-3-4-14(13(18)7-12)22-9-11(8-20-22)15(23)21-16(10-19)5-1-2-6-16/h3-4,7-9H,1-2,5-6,10,19H2,(H,21,23). The Morgan fingerprint density at radius 2 is 2.09 bits per heavy atom. The van der Waals surface area contributed by atoms with Crippen molar-refractivity contribution in [1.82, 2.24) is 15.1 Å². The van der Waals surface area contributed by atoms with Crippen LogP contribution in [-0.2, 0) is 0 Å². The van der Waals surface area contributed by atoms with Crippen molar-refractivity contribution in [2.24, 2.45) is 5.73 Å². The molecule has 0 radical (unpaired) electrons. The van der Waals surface area contributed by atoms with Gasteiger partial charge in [0.15, 0.2) is 0 Å². The largest absolute Gasteiger partial charge is 0.345 e. The zero-order chi connectivity index (χ0) is 16.4. The highest BCUT2D eigenvalue weighted by molar-refractivity contribution is 6.35. The second-order valence-electron chi connectivity index (χ2n) is 5.91. The van der Waals surface area contributed by atoms with Gasteiger partial charge in [0, 0.05) is 17.8 Å². The molecule has 0 atom stereocenters. The summed E-state index contributed by atoms with van der Waals surface area (Å²) < 4.78 is 1.57. The summed E-state index contributed by atoms with van der Waals surface area (Å²) in [4.78, 5) is 12.5. The molecule has 1 aromatic carbocycles. The van der Waals surface area contributed by atoms with Crippen LogP contribution in [-0.4, -0.2) is 27.8 Å². The fourth-order valence-electron chi connectivity index (χ4n) is 2.98. The lowest BCUT2D eigenvalue weighted by atomic mass is 9.97. The highest BCUT2D eigenvalue weighted by Crippen LogP contribution is 2.29. The topological polar surface area (TPSA) is 72.9 Å². The van der Waals surface area contributed by atoms with Gasteiger partial charge in [0.05, 0.1) is 28.0 Å². The molecule has 1 amide bonds. The first-order valence-electron chi connectivity index (χ1n) is 7.56. The molecule has 0 saturated heterocycles. The van der Waals surface area contributed by atoms with Gasteiger partial charge in [0.25, 0.3) is 5.91 Å². The lowest BCUT2D eigenvalue weighted by Crippen LogP contribution is -2.51. The molecule has 1 aromatic heterocycles. The van der Waals surface area contributed by atoms with Crippen LogP contribution in [0.3, 0.4) is 0 Å². The number of rotatable bonds is 4. The predicted octanol–water partition coefficient (Wildman–Crippen LogP) is 3.18. The molecule has 1 saturated carbocycles. The van der Waals surface area contributed by atoms with Crippen molar-refractivity contribution >= 4 is 29.1 Å². The van der Waals surface area contributed by atoms with Crippen LogP contribution < -0.4 is 11.1 Å². The van der Waals surface area contributed by atoms with E-state index in [1.165, 1.54) is 6.20 Å². The van der Waals surface area contributed by atoms with Gasteiger partial charge in [0.1, 0.15) is 0 Å². The van der Waals surface area contributed by atoms with Crippen molar-refractivity contribution in [1.29, 1.82) is 0 Å². The van der Waals surface area contributed by atoms with E-state index in [1.54, 1.807) is 29.1 Å². The van der Waals surface area contributed by atoms with Crippen molar-refractivity contribution in [2.45, 2.75) is 31.2 Å². The van der Waals surface area contributed by atoms with Gasteiger partial charge in [-0.1, -0.05) is 36.0 Å². The van der Waals surface area contributed by atoms with E-state index in [0.29, 0.717) is 27.8 Å². The minimum atomic E-state index is -0.281. The number of nitrogens with one attached hydrogen (secondary N) is 1. The van der Waals surface area contributed by atoms with Crippen LogP contribution in [0.5, 0.6) is 0 Å². The fraction of sp³-hybridized carbons (Fsp3) is 0.375. The summed E-state index contributed by atoms with van der Waals surface area (Å²) in [6.07, 6.45) is 7.22. The highest BCUT2D eigenvalue weighted by atomic mass is 35.5. The van der Waals surface area contributed by atoms with Gasteiger partial charge in [-0.2, -0.15) is 5.10 Å². The summed E-state index contributed by atoms with van der Waals surface area (Å²) in [5.41, 5.74) is 6.73. The first kappa shape index (κ1) is 16.3. The van der Waals surface area contributed by atoms with Gasteiger partial charge in [0.2, 0.25) is 0 Å². The van der Waals surface area contributed by atoms with Gasteiger partial charge in [-0.25, -0.2) is 4.68 Å². The molecular weight excluding hydrogens is 335 g/mol. The van der Waals surface area contributed by atoms with Crippen molar-refractivity contribution in [3.8, 4) is 5.69 Å². The minimum absolute atomic E-state index is 0.159. The first-order chi connectivity index (χ1) is 11.0. The Hall–Kier alpha value is -1.56. The summed E-state index contributed by atoms with van der Waals surface area (Å²) in [5, 5.41) is 8.32. The van der Waals surface area contributed by atoms with E-state index in [-0.39, 0.29) is 11.4 Å². The minimum Gasteiger partial charge on any atom is -0.345 e. The molecule has 7 heteroatoms. The third-order valence-corrected chi connectivity index (χ3v) is 4.87. The molecule has 0 unspecified atom stereocenters. The normalized spacial score (nSPS) is 16.5. The number of hydrogen-bond acceptors (Lipinski definition) is 3. The van der Waals surface area contributed by atoms with Crippen LogP contribution in [0.2, 0.25) is 10.0 Å². The van der Waals surface area contributed by atoms with E-state index in [0.717, 1.165) is 25.7 Å². The maximum Gasteiger partial charge on any atom is 0.254 e. The zero-order valence-electron chi connectivity index (χ0n) is 12.6. The number of carbonyl (C=O) groups is 1. The SMILES string of the molecule is NCC1(NC(=O)c2cnn(-c3ccc(Cl)cc3Cl)c2)CCCC1. The summed E-state index contributed by atoms with van der Waals surface area (Å²) in [6, 6.07) is 5.13. The van der Waals surface area contributed by atoms with Gasteiger partial charge < -0.3 is 11.1 Å². The summed E-state index contributed by atoms with van der Waals surface area (Å²) in [6.45, 7) is 0.454. The number of aromatic nitrogens is 2. The number of benzene rings is 1. The number of amides is 1. The van der Waals surface area contributed by atoms with E-state index in [4.69, 9.17) is 28.9 Å². The average molecular weight is 353 g/mol. The maximum absolute atomic E-state index is 12.5. The first-order valence-corrected chi connectivity index (χ1v) is 8.31. The van der Waals surface area contributed by atoms with Gasteiger partial charge in [-0.05, 0) is 31.0 Å². The van der Waals surface area contributed by atoms with Crippen molar-refractivity contribution in [3.05, 3.63) is 46.2 Å². The molecule has 5 nitrogen and oxygen atoms in total. The Morgan fingerprint density at radius 1 is 1.35 bits per heavy atom. The van der Waals surface area contributed by atoms with E-state index >= 15 is 0 Å². The summed E-state index contributed by atoms with van der Waals surface area (Å²) >= 11 is 12.1. The Bertz CT molecular complexity index is 723. The van der Waals surface area contributed by atoms with Crippen molar-refractivity contribution in [2.75, 3.05) is 6.54 Å². The van der Waals surface area contributed by atoms with E-state index in [1.807, 2.05) is 0 Å². The highest BCUT2D eigenvalue weighted by Gasteiger charge is 2.34. The van der Waals surface area contributed by atoms with Crippen LogP contribution >= 0.6 is 23.2 Å². The molecule has 0 aliphatic heterocycles. The lowest BCUT2D eigenvalue weighted by molar-refractivity contribution is 0.0903. The monoisotopic (exact) mass is 352 g/mol. The summed E-state index contributed by atoms with van der Waals surface area (Å²) in [7, 11) is 0. The molecular formula is C16H18Cl2N4O. The molecule has 3 N–H and O–H groups in total. The second-order valence-corrected chi connectivity index (χ2v) is 6.76. The van der Waals surface area contributed by atoms with E-state index < -0.39 is 0 Å². The smallest absolute Gasteiger partial charge is 0.254 e. The van der Waals surface area contributed by atoms with Crippen LogP contribution in [0.15, 0.2) is 30.6 Å². The molecule has 2 aromatic rings. The Balaban J connectivity index is 1.80. The van der Waals surface area contributed by atoms with Gasteiger partial charge >= 0.3 is 0 Å². The molecule has 1 aliphatic rings. The Labute approximate surface area is 144 Å². The average Bonchev–Trinajstić information content (AvgIpc) is 3.17. The van der Waals surface area contributed by atoms with Crippen LogP contribution in [0.25, 0.3) is 5.69 Å². The van der Waals surface area contributed by atoms with Gasteiger partial charge in [-0.3, -0.25) is 4.79 Å². The zero-order valence-corrected chi connectivity index (χ0v) is 14.1. The van der Waals surface area contributed by atoms with Crippen LogP contribution in [0.4, 0.5) is 0 Å². The van der Waals surface area contributed by atoms with E-state index in [2.05, 4.69) is 10.4 Å². The third-order valence-electron chi connectivity index (χ3n) is 4.33. The lowest BCUT2D eigenvalue weighted by Gasteiger charge is -2.28. The molecule has 0 spiro atoms. The molecule has 1 heterocycles. The molecule has 0 bridgehead atoms. The number of nitrogens with zero attached hydrogens (tertiary/aromatic N) is 2. The number of halogens is 2. The number of hydrogen-bond donors (Lipinski definition) is 2. The van der Waals surface area contributed by atoms with Gasteiger partial charge in [-0.15, -0.1) is 0 Å². The number of nitrogens with two attached hydrogens (primary N) is 1. The third kappa shape index (κ3) is 3.37. The maximum atomic E-state index is 12.5. The van der Waals surface area contributed by atoms with Crippen molar-refractivity contribution in [3.63, 3.8) is 0 Å². The number of carbonyl (C=O) groups excluding carboxylic acids is 1. The molecule has 3 rings (SSSR count).